The zero-order valence-corrected chi connectivity index (χ0v) is 15.0. The molecule has 130 valence electrons. The lowest BCUT2D eigenvalue weighted by Crippen LogP contribution is -2.14. The molecular formula is C16H14ClN3O4S. The number of nitrogens with zero attached hydrogens (tertiary/aromatic N) is 2. The van der Waals surface area contributed by atoms with Crippen molar-refractivity contribution in [1.29, 1.82) is 0 Å². The van der Waals surface area contributed by atoms with Crippen LogP contribution in [0.3, 0.4) is 0 Å². The standard InChI is InChI=1S/C16H14ClN3O4S/c1-9-11(5-6-23-9)15-19-20-16(24-15)25-8-14(21)18-12-7-10(17)3-4-13(12)22-2/h3-7H,8H2,1-2H3,(H,18,21). The van der Waals surface area contributed by atoms with Crippen LogP contribution in [0.5, 0.6) is 5.75 Å². The molecule has 0 aliphatic rings. The molecule has 0 unspecified atom stereocenters. The summed E-state index contributed by atoms with van der Waals surface area (Å²) in [4.78, 5) is 12.1. The molecule has 3 rings (SSSR count). The van der Waals surface area contributed by atoms with Gasteiger partial charge < -0.3 is 18.9 Å². The second-order valence-electron chi connectivity index (χ2n) is 4.95. The second-order valence-corrected chi connectivity index (χ2v) is 6.31. The Bertz CT molecular complexity index is 893. The fraction of sp³-hybridized carbons (Fsp3) is 0.188. The van der Waals surface area contributed by atoms with Crippen LogP contribution in [-0.4, -0.2) is 29.0 Å². The maximum atomic E-state index is 12.1. The van der Waals surface area contributed by atoms with E-state index in [4.69, 9.17) is 25.2 Å². The number of nitrogens with one attached hydrogen (secondary N) is 1. The van der Waals surface area contributed by atoms with Crippen molar-refractivity contribution in [3.05, 3.63) is 41.3 Å². The molecule has 0 spiro atoms. The van der Waals surface area contributed by atoms with Crippen LogP contribution < -0.4 is 10.1 Å². The molecule has 9 heteroatoms. The number of halogens is 1. The lowest BCUT2D eigenvalue weighted by molar-refractivity contribution is -0.113. The fourth-order valence-electron chi connectivity index (χ4n) is 2.08. The molecule has 25 heavy (non-hydrogen) atoms. The summed E-state index contributed by atoms with van der Waals surface area (Å²) in [5, 5.41) is 11.4. The van der Waals surface area contributed by atoms with Gasteiger partial charge in [-0.3, -0.25) is 4.79 Å². The molecule has 3 aromatic rings. The van der Waals surface area contributed by atoms with E-state index in [0.717, 1.165) is 17.3 Å². The fourth-order valence-corrected chi connectivity index (χ4v) is 2.81. The second kappa shape index (κ2) is 7.62. The smallest absolute Gasteiger partial charge is 0.277 e. The molecule has 0 radical (unpaired) electrons. The zero-order chi connectivity index (χ0) is 17.8. The Balaban J connectivity index is 1.61. The predicted octanol–water partition coefficient (Wildman–Crippen LogP) is 4.03. The summed E-state index contributed by atoms with van der Waals surface area (Å²) >= 11 is 7.07. The third kappa shape index (κ3) is 4.15. The highest BCUT2D eigenvalue weighted by atomic mass is 35.5. The summed E-state index contributed by atoms with van der Waals surface area (Å²) in [5.41, 5.74) is 1.23. The number of methoxy groups -OCH3 is 1. The van der Waals surface area contributed by atoms with Gasteiger partial charge in [0.1, 0.15) is 11.5 Å². The van der Waals surface area contributed by atoms with Crippen LogP contribution in [0.25, 0.3) is 11.5 Å². The molecular weight excluding hydrogens is 366 g/mol. The van der Waals surface area contributed by atoms with Crippen molar-refractivity contribution in [3.63, 3.8) is 0 Å². The zero-order valence-electron chi connectivity index (χ0n) is 13.4. The van der Waals surface area contributed by atoms with Crippen molar-refractivity contribution in [2.24, 2.45) is 0 Å². The molecule has 0 aliphatic heterocycles. The van der Waals surface area contributed by atoms with Crippen LogP contribution in [0.15, 0.2) is 44.6 Å². The number of benzene rings is 1. The van der Waals surface area contributed by atoms with Gasteiger partial charge >= 0.3 is 0 Å². The van der Waals surface area contributed by atoms with Gasteiger partial charge in [0.2, 0.25) is 5.91 Å². The molecule has 1 N–H and O–H groups in total. The number of rotatable bonds is 6. The van der Waals surface area contributed by atoms with E-state index < -0.39 is 0 Å². The van der Waals surface area contributed by atoms with Gasteiger partial charge in [-0.1, -0.05) is 23.4 Å². The Kier molecular flexibility index (Phi) is 5.30. The van der Waals surface area contributed by atoms with Crippen molar-refractivity contribution in [3.8, 4) is 17.2 Å². The third-order valence-corrected chi connectivity index (χ3v) is 4.31. The van der Waals surface area contributed by atoms with Crippen LogP contribution in [-0.2, 0) is 4.79 Å². The number of anilines is 1. The van der Waals surface area contributed by atoms with Gasteiger partial charge in [0.05, 0.1) is 30.4 Å². The largest absolute Gasteiger partial charge is 0.495 e. The Labute approximate surface area is 152 Å². The number of hydrogen-bond donors (Lipinski definition) is 1. The van der Waals surface area contributed by atoms with Crippen molar-refractivity contribution in [2.75, 3.05) is 18.2 Å². The normalized spacial score (nSPS) is 10.7. The number of carbonyl (C=O) groups excluding carboxylic acids is 1. The Morgan fingerprint density at radius 1 is 1.36 bits per heavy atom. The van der Waals surface area contributed by atoms with Gasteiger partial charge in [0.25, 0.3) is 11.1 Å². The Morgan fingerprint density at radius 2 is 2.20 bits per heavy atom. The lowest BCUT2D eigenvalue weighted by atomic mass is 10.3. The molecule has 0 fully saturated rings. The molecule has 2 heterocycles. The van der Waals surface area contributed by atoms with E-state index in [2.05, 4.69) is 15.5 Å². The van der Waals surface area contributed by atoms with Gasteiger partial charge in [0, 0.05) is 5.02 Å². The van der Waals surface area contributed by atoms with E-state index in [9.17, 15) is 4.79 Å². The van der Waals surface area contributed by atoms with Gasteiger partial charge in [-0.15, -0.1) is 10.2 Å². The van der Waals surface area contributed by atoms with E-state index in [0.29, 0.717) is 33.3 Å². The highest BCUT2D eigenvalue weighted by molar-refractivity contribution is 7.99. The first-order chi connectivity index (χ1) is 12.1. The summed E-state index contributed by atoms with van der Waals surface area (Å²) in [6.45, 7) is 1.80. The minimum absolute atomic E-state index is 0.0989. The van der Waals surface area contributed by atoms with Gasteiger partial charge in [0.15, 0.2) is 0 Å². The van der Waals surface area contributed by atoms with Crippen LogP contribution >= 0.6 is 23.4 Å². The number of amides is 1. The molecule has 2 aromatic heterocycles. The summed E-state index contributed by atoms with van der Waals surface area (Å²) in [6, 6.07) is 6.73. The van der Waals surface area contributed by atoms with Crippen molar-refractivity contribution >= 4 is 35.0 Å². The average Bonchev–Trinajstić information content (AvgIpc) is 3.21. The Morgan fingerprint density at radius 3 is 2.92 bits per heavy atom. The summed E-state index contributed by atoms with van der Waals surface area (Å²) in [5.74, 6) is 1.42. The Hall–Kier alpha value is -2.45. The van der Waals surface area contributed by atoms with Crippen LogP contribution in [0.2, 0.25) is 5.02 Å². The molecule has 0 aliphatic carbocycles. The number of carbonyl (C=O) groups is 1. The first-order valence-corrected chi connectivity index (χ1v) is 8.57. The minimum Gasteiger partial charge on any atom is -0.495 e. The third-order valence-electron chi connectivity index (χ3n) is 3.26. The van der Waals surface area contributed by atoms with Gasteiger partial charge in [-0.25, -0.2) is 0 Å². The molecule has 7 nitrogen and oxygen atoms in total. The highest BCUT2D eigenvalue weighted by Crippen LogP contribution is 2.29. The van der Waals surface area contributed by atoms with E-state index in [1.165, 1.54) is 7.11 Å². The molecule has 0 saturated carbocycles. The number of aryl methyl sites for hydroxylation is 1. The van der Waals surface area contributed by atoms with E-state index in [1.54, 1.807) is 37.5 Å². The summed E-state index contributed by atoms with van der Waals surface area (Å²) in [7, 11) is 1.52. The topological polar surface area (TPSA) is 90.4 Å². The molecule has 0 bridgehead atoms. The van der Waals surface area contributed by atoms with Crippen molar-refractivity contribution < 1.29 is 18.4 Å². The van der Waals surface area contributed by atoms with Crippen LogP contribution in [0.4, 0.5) is 5.69 Å². The van der Waals surface area contributed by atoms with E-state index >= 15 is 0 Å². The quantitative estimate of drug-likeness (QED) is 0.646. The van der Waals surface area contributed by atoms with Crippen molar-refractivity contribution in [1.82, 2.24) is 10.2 Å². The highest BCUT2D eigenvalue weighted by Gasteiger charge is 2.15. The maximum absolute atomic E-state index is 12.1. The monoisotopic (exact) mass is 379 g/mol. The van der Waals surface area contributed by atoms with Crippen LogP contribution in [0.1, 0.15) is 5.76 Å². The summed E-state index contributed by atoms with van der Waals surface area (Å²) < 4.78 is 15.9. The molecule has 0 atom stereocenters. The summed E-state index contributed by atoms with van der Waals surface area (Å²) in [6.07, 6.45) is 1.55. The average molecular weight is 380 g/mol. The first kappa shape index (κ1) is 17.4. The molecule has 0 saturated heterocycles. The number of aromatic nitrogens is 2. The minimum atomic E-state index is -0.246. The number of thioether (sulfide) groups is 1. The number of hydrogen-bond acceptors (Lipinski definition) is 7. The molecule has 1 amide bonds. The molecule has 1 aromatic carbocycles. The first-order valence-electron chi connectivity index (χ1n) is 7.21. The van der Waals surface area contributed by atoms with E-state index in [1.807, 2.05) is 0 Å². The lowest BCUT2D eigenvalue weighted by Gasteiger charge is -2.09. The number of ether oxygens (including phenoxy) is 1. The predicted molar refractivity (Wildman–Crippen MR) is 94.1 cm³/mol. The van der Waals surface area contributed by atoms with E-state index in [-0.39, 0.29) is 11.7 Å². The van der Waals surface area contributed by atoms with Gasteiger partial charge in [-0.2, -0.15) is 0 Å². The van der Waals surface area contributed by atoms with Gasteiger partial charge in [-0.05, 0) is 31.2 Å². The maximum Gasteiger partial charge on any atom is 0.277 e. The van der Waals surface area contributed by atoms with Crippen LogP contribution in [0, 0.1) is 6.92 Å². The van der Waals surface area contributed by atoms with Crippen molar-refractivity contribution in [2.45, 2.75) is 12.1 Å². The number of furan rings is 1. The SMILES string of the molecule is COc1ccc(Cl)cc1NC(=O)CSc1nnc(-c2ccoc2C)o1.